The molecule has 1 rings (SSSR count). The van der Waals surface area contributed by atoms with E-state index in [1.165, 1.54) is 6.26 Å². The first-order valence-electron chi connectivity index (χ1n) is 5.94. The molecular weight excluding hydrogens is 262 g/mol. The molecule has 0 aliphatic heterocycles. The molecule has 5 heteroatoms. The van der Waals surface area contributed by atoms with Crippen LogP contribution in [0.4, 0.5) is 0 Å². The van der Waals surface area contributed by atoms with Crippen molar-refractivity contribution in [2.45, 2.75) is 25.1 Å². The van der Waals surface area contributed by atoms with Crippen molar-refractivity contribution in [3.8, 4) is 0 Å². The number of carbonyl (C=O) groups is 1. The molecule has 0 fully saturated rings. The zero-order valence-corrected chi connectivity index (χ0v) is 12.2. The van der Waals surface area contributed by atoms with Crippen molar-refractivity contribution in [3.63, 3.8) is 0 Å². The maximum absolute atomic E-state index is 11.7. The summed E-state index contributed by atoms with van der Waals surface area (Å²) in [6.45, 7) is 6.91. The SMILES string of the molecule is C=CC(=O)N[C@H](c1ccc(C)cc1)[C@H](C)S(C)(=O)=O. The Morgan fingerprint density at radius 2 is 1.84 bits per heavy atom. The van der Waals surface area contributed by atoms with Gasteiger partial charge >= 0.3 is 0 Å². The molecule has 1 amide bonds. The molecule has 0 aliphatic carbocycles. The van der Waals surface area contributed by atoms with Gasteiger partial charge in [0, 0.05) is 6.26 Å². The highest BCUT2D eigenvalue weighted by atomic mass is 32.2. The van der Waals surface area contributed by atoms with Gasteiger partial charge in [-0.2, -0.15) is 0 Å². The van der Waals surface area contributed by atoms with E-state index in [9.17, 15) is 13.2 Å². The molecule has 0 unspecified atom stereocenters. The van der Waals surface area contributed by atoms with Crippen molar-refractivity contribution in [1.82, 2.24) is 5.32 Å². The number of hydrogen-bond donors (Lipinski definition) is 1. The summed E-state index contributed by atoms with van der Waals surface area (Å²) in [6, 6.07) is 6.84. The number of rotatable bonds is 5. The Kier molecular flexibility index (Phi) is 4.89. The Hall–Kier alpha value is -1.62. The van der Waals surface area contributed by atoms with Gasteiger partial charge in [0.2, 0.25) is 5.91 Å². The fourth-order valence-electron chi connectivity index (χ4n) is 1.70. The average Bonchev–Trinajstić information content (AvgIpc) is 2.35. The predicted octanol–water partition coefficient (Wildman–Crippen LogP) is 1.77. The lowest BCUT2D eigenvalue weighted by atomic mass is 10.0. The van der Waals surface area contributed by atoms with Crippen LogP contribution in [0.15, 0.2) is 36.9 Å². The van der Waals surface area contributed by atoms with Crippen LogP contribution >= 0.6 is 0 Å². The zero-order chi connectivity index (χ0) is 14.6. The summed E-state index contributed by atoms with van der Waals surface area (Å²) < 4.78 is 23.4. The highest BCUT2D eigenvalue weighted by Crippen LogP contribution is 2.22. The van der Waals surface area contributed by atoms with Crippen molar-refractivity contribution in [3.05, 3.63) is 48.0 Å². The first-order chi connectivity index (χ1) is 8.75. The molecule has 0 spiro atoms. The molecule has 19 heavy (non-hydrogen) atoms. The van der Waals surface area contributed by atoms with Crippen LogP contribution in [0.2, 0.25) is 0 Å². The van der Waals surface area contributed by atoms with E-state index < -0.39 is 21.1 Å². The van der Waals surface area contributed by atoms with Crippen LogP contribution in [-0.2, 0) is 14.6 Å². The quantitative estimate of drug-likeness (QED) is 0.837. The number of benzene rings is 1. The first-order valence-corrected chi connectivity index (χ1v) is 7.89. The van der Waals surface area contributed by atoms with E-state index >= 15 is 0 Å². The second-order valence-electron chi connectivity index (χ2n) is 4.64. The molecule has 1 aromatic rings. The van der Waals surface area contributed by atoms with Crippen LogP contribution in [0.25, 0.3) is 0 Å². The van der Waals surface area contributed by atoms with Gasteiger partial charge < -0.3 is 5.32 Å². The Morgan fingerprint density at radius 1 is 1.32 bits per heavy atom. The van der Waals surface area contributed by atoms with E-state index in [4.69, 9.17) is 0 Å². The van der Waals surface area contributed by atoms with Crippen molar-refractivity contribution in [2.24, 2.45) is 0 Å². The topological polar surface area (TPSA) is 63.2 Å². The number of sulfone groups is 1. The van der Waals surface area contributed by atoms with Gasteiger partial charge in [-0.05, 0) is 25.5 Å². The highest BCUT2D eigenvalue weighted by Gasteiger charge is 2.28. The molecule has 0 aliphatic rings. The zero-order valence-electron chi connectivity index (χ0n) is 11.4. The number of hydrogen-bond acceptors (Lipinski definition) is 3. The van der Waals surface area contributed by atoms with Crippen molar-refractivity contribution < 1.29 is 13.2 Å². The van der Waals surface area contributed by atoms with Gasteiger partial charge in [0.05, 0.1) is 11.3 Å². The summed E-state index contributed by atoms with van der Waals surface area (Å²) in [5.74, 6) is -0.388. The van der Waals surface area contributed by atoms with Gasteiger partial charge in [-0.3, -0.25) is 4.79 Å². The van der Waals surface area contributed by atoms with Crippen LogP contribution in [0.3, 0.4) is 0 Å². The van der Waals surface area contributed by atoms with E-state index in [-0.39, 0.29) is 5.91 Å². The highest BCUT2D eigenvalue weighted by molar-refractivity contribution is 7.91. The minimum atomic E-state index is -3.26. The minimum absolute atomic E-state index is 0.388. The summed E-state index contributed by atoms with van der Waals surface area (Å²) in [7, 11) is -3.26. The lowest BCUT2D eigenvalue weighted by Gasteiger charge is -2.24. The van der Waals surface area contributed by atoms with Crippen LogP contribution in [-0.4, -0.2) is 25.8 Å². The molecule has 4 nitrogen and oxygen atoms in total. The molecule has 0 bridgehead atoms. The van der Waals surface area contributed by atoms with Crippen LogP contribution in [0, 0.1) is 6.92 Å². The summed E-state index contributed by atoms with van der Waals surface area (Å²) >= 11 is 0. The fraction of sp³-hybridized carbons (Fsp3) is 0.357. The van der Waals surface area contributed by atoms with Gasteiger partial charge in [0.15, 0.2) is 9.84 Å². The molecule has 1 aromatic carbocycles. The smallest absolute Gasteiger partial charge is 0.243 e. The lowest BCUT2D eigenvalue weighted by Crippen LogP contribution is -2.37. The number of nitrogens with one attached hydrogen (secondary N) is 1. The van der Waals surface area contributed by atoms with Crippen molar-refractivity contribution in [1.29, 1.82) is 0 Å². The lowest BCUT2D eigenvalue weighted by molar-refractivity contribution is -0.117. The number of carbonyl (C=O) groups excluding carboxylic acids is 1. The van der Waals surface area contributed by atoms with E-state index in [1.54, 1.807) is 6.92 Å². The molecule has 1 N–H and O–H groups in total. The second-order valence-corrected chi connectivity index (χ2v) is 7.04. The van der Waals surface area contributed by atoms with Crippen LogP contribution in [0.5, 0.6) is 0 Å². The Balaban J connectivity index is 3.15. The molecule has 2 atom stereocenters. The third kappa shape index (κ3) is 4.21. The van der Waals surface area contributed by atoms with E-state index in [0.717, 1.165) is 17.2 Å². The third-order valence-corrected chi connectivity index (χ3v) is 4.69. The average molecular weight is 281 g/mol. The number of aryl methyl sites for hydroxylation is 1. The minimum Gasteiger partial charge on any atom is -0.344 e. The summed E-state index contributed by atoms with van der Waals surface area (Å²) in [5.41, 5.74) is 1.84. The van der Waals surface area contributed by atoms with E-state index in [2.05, 4.69) is 11.9 Å². The maximum atomic E-state index is 11.7. The fourth-order valence-corrected chi connectivity index (χ4v) is 2.42. The van der Waals surface area contributed by atoms with E-state index in [0.29, 0.717) is 0 Å². The Bertz CT molecular complexity index is 561. The third-order valence-electron chi connectivity index (χ3n) is 3.06. The normalized spacial score (nSPS) is 14.5. The molecule has 0 aromatic heterocycles. The second kappa shape index (κ2) is 6.02. The van der Waals surface area contributed by atoms with Gasteiger partial charge in [0.1, 0.15) is 0 Å². The molecule has 0 saturated carbocycles. The molecule has 0 saturated heterocycles. The monoisotopic (exact) mass is 281 g/mol. The van der Waals surface area contributed by atoms with Gasteiger partial charge in [-0.25, -0.2) is 8.42 Å². The van der Waals surface area contributed by atoms with Crippen molar-refractivity contribution in [2.75, 3.05) is 6.26 Å². The molecule has 0 heterocycles. The molecule has 0 radical (unpaired) electrons. The molecule has 104 valence electrons. The summed E-state index contributed by atoms with van der Waals surface area (Å²) in [6.07, 6.45) is 2.30. The van der Waals surface area contributed by atoms with Crippen LogP contribution in [0.1, 0.15) is 24.1 Å². The summed E-state index contributed by atoms with van der Waals surface area (Å²) in [4.78, 5) is 11.5. The first kappa shape index (κ1) is 15.4. The van der Waals surface area contributed by atoms with Crippen LogP contribution < -0.4 is 5.32 Å². The van der Waals surface area contributed by atoms with Crippen molar-refractivity contribution >= 4 is 15.7 Å². The summed E-state index contributed by atoms with van der Waals surface area (Å²) in [5, 5.41) is 1.96. The van der Waals surface area contributed by atoms with Gasteiger partial charge in [-0.1, -0.05) is 36.4 Å². The van der Waals surface area contributed by atoms with Gasteiger partial charge in [0.25, 0.3) is 0 Å². The number of amides is 1. The Morgan fingerprint density at radius 3 is 2.26 bits per heavy atom. The Labute approximate surface area is 114 Å². The predicted molar refractivity (Wildman–Crippen MR) is 76.6 cm³/mol. The van der Waals surface area contributed by atoms with Gasteiger partial charge in [-0.15, -0.1) is 0 Å². The molecular formula is C14H19NO3S. The maximum Gasteiger partial charge on any atom is 0.243 e. The standard InChI is InChI=1S/C14H19NO3S/c1-5-13(16)15-14(11(3)19(4,17)18)12-8-6-10(2)7-9-12/h5-9,11,14H,1H2,2-4H3,(H,15,16)/t11-,14-/m0/s1. The van der Waals surface area contributed by atoms with E-state index in [1.807, 2.05) is 31.2 Å². The largest absolute Gasteiger partial charge is 0.344 e.